The predicted molar refractivity (Wildman–Crippen MR) is 132 cm³/mol. The van der Waals surface area contributed by atoms with Gasteiger partial charge in [-0.3, -0.25) is 14.4 Å². The standard InChI is InChI=1S/C22H21ClFN5O5S/c1-2-34-18-7-16-13(22(27-11-26-16)28-12-3-4-15(24)14(23)5-12)6-17(18)29-19(30)8-25-20(31)9-35-10-21(32)33/h3-7,11H,2,8-10H2,1H3,(H,25,31)(H,29,30)(H,32,33)(H,26,27,28). The molecule has 0 atom stereocenters. The van der Waals surface area contributed by atoms with Gasteiger partial charge in [0.05, 0.1) is 40.9 Å². The first kappa shape index (κ1) is 26.0. The number of aromatic nitrogens is 2. The second-order valence-corrected chi connectivity index (χ2v) is 8.38. The van der Waals surface area contributed by atoms with Crippen LogP contribution in [0.3, 0.4) is 0 Å². The van der Waals surface area contributed by atoms with Gasteiger partial charge in [-0.2, -0.15) is 0 Å². The number of halogens is 2. The number of anilines is 3. The number of hydrogen-bond acceptors (Lipinski definition) is 8. The molecule has 3 rings (SSSR count). The second kappa shape index (κ2) is 12.2. The van der Waals surface area contributed by atoms with Crippen LogP contribution in [-0.4, -0.2) is 57.5 Å². The van der Waals surface area contributed by atoms with Crippen molar-refractivity contribution in [3.8, 4) is 5.75 Å². The molecule has 0 spiro atoms. The van der Waals surface area contributed by atoms with Gasteiger partial charge in [-0.25, -0.2) is 14.4 Å². The van der Waals surface area contributed by atoms with Gasteiger partial charge in [0.25, 0.3) is 0 Å². The van der Waals surface area contributed by atoms with Gasteiger partial charge in [0.1, 0.15) is 23.7 Å². The first-order valence-electron chi connectivity index (χ1n) is 10.3. The van der Waals surface area contributed by atoms with Crippen LogP contribution in [0.15, 0.2) is 36.7 Å². The molecular formula is C22H21ClFN5O5S. The number of carbonyl (C=O) groups is 3. The molecule has 4 N–H and O–H groups in total. The number of carbonyl (C=O) groups excluding carboxylic acids is 2. The minimum Gasteiger partial charge on any atom is -0.492 e. The van der Waals surface area contributed by atoms with Crippen LogP contribution >= 0.6 is 23.4 Å². The average Bonchev–Trinajstić information content (AvgIpc) is 2.81. The summed E-state index contributed by atoms with van der Waals surface area (Å²) in [6.45, 7) is 1.80. The van der Waals surface area contributed by atoms with Gasteiger partial charge < -0.3 is 25.8 Å². The van der Waals surface area contributed by atoms with Crippen LogP contribution in [0, 0.1) is 5.82 Å². The number of benzene rings is 2. The van der Waals surface area contributed by atoms with Crippen molar-refractivity contribution in [1.29, 1.82) is 0 Å². The summed E-state index contributed by atoms with van der Waals surface area (Å²) in [5.41, 5.74) is 1.36. The molecule has 2 amide bonds. The first-order chi connectivity index (χ1) is 16.8. The second-order valence-electron chi connectivity index (χ2n) is 6.99. The van der Waals surface area contributed by atoms with Crippen molar-refractivity contribution in [3.63, 3.8) is 0 Å². The van der Waals surface area contributed by atoms with E-state index in [9.17, 15) is 18.8 Å². The molecule has 184 valence electrons. The number of nitrogens with one attached hydrogen (secondary N) is 3. The molecule has 2 aromatic carbocycles. The van der Waals surface area contributed by atoms with Crippen LogP contribution in [0.5, 0.6) is 5.75 Å². The van der Waals surface area contributed by atoms with Gasteiger partial charge >= 0.3 is 5.97 Å². The summed E-state index contributed by atoms with van der Waals surface area (Å²) in [4.78, 5) is 43.3. The highest BCUT2D eigenvalue weighted by atomic mass is 35.5. The molecule has 0 radical (unpaired) electrons. The van der Waals surface area contributed by atoms with Crippen molar-refractivity contribution >= 4 is 69.2 Å². The molecule has 0 fully saturated rings. The summed E-state index contributed by atoms with van der Waals surface area (Å²) in [5.74, 6) is -2.10. The molecular weight excluding hydrogens is 501 g/mol. The number of nitrogens with zero attached hydrogens (tertiary/aromatic N) is 2. The van der Waals surface area contributed by atoms with Crippen LogP contribution in [0.25, 0.3) is 10.9 Å². The van der Waals surface area contributed by atoms with E-state index in [1.54, 1.807) is 19.1 Å². The zero-order valence-corrected chi connectivity index (χ0v) is 20.0. The lowest BCUT2D eigenvalue weighted by molar-refractivity contribution is -0.133. The number of amides is 2. The summed E-state index contributed by atoms with van der Waals surface area (Å²) >= 11 is 6.79. The molecule has 0 saturated carbocycles. The highest BCUT2D eigenvalue weighted by Gasteiger charge is 2.15. The largest absolute Gasteiger partial charge is 0.492 e. The number of aliphatic carboxylic acids is 1. The third-order valence-electron chi connectivity index (χ3n) is 4.40. The Hall–Kier alpha value is -3.64. The van der Waals surface area contributed by atoms with Crippen LogP contribution in [-0.2, 0) is 14.4 Å². The number of ether oxygens (including phenoxy) is 1. The molecule has 0 unspecified atom stereocenters. The van der Waals surface area contributed by atoms with Gasteiger partial charge in [-0.1, -0.05) is 11.6 Å². The normalized spacial score (nSPS) is 10.6. The van der Waals surface area contributed by atoms with E-state index in [0.717, 1.165) is 11.8 Å². The summed E-state index contributed by atoms with van der Waals surface area (Å²) in [6, 6.07) is 7.40. The fourth-order valence-corrected chi connectivity index (χ4v) is 3.67. The third-order valence-corrected chi connectivity index (χ3v) is 5.60. The van der Waals surface area contributed by atoms with Crippen molar-refractivity contribution < 1.29 is 28.6 Å². The lowest BCUT2D eigenvalue weighted by Gasteiger charge is -2.15. The Balaban J connectivity index is 1.78. The number of rotatable bonds is 11. The molecule has 1 aromatic heterocycles. The van der Waals surface area contributed by atoms with Crippen LogP contribution < -0.4 is 20.7 Å². The highest BCUT2D eigenvalue weighted by molar-refractivity contribution is 8.00. The molecule has 1 heterocycles. The molecule has 3 aromatic rings. The molecule has 13 heteroatoms. The molecule has 0 aliphatic rings. The van der Waals surface area contributed by atoms with E-state index in [1.807, 2.05) is 0 Å². The van der Waals surface area contributed by atoms with Crippen molar-refractivity contribution in [3.05, 3.63) is 47.5 Å². The Labute approximate surface area is 208 Å². The minimum absolute atomic E-state index is 0.0525. The fourth-order valence-electron chi connectivity index (χ4n) is 2.92. The fraction of sp³-hybridized carbons (Fsp3) is 0.227. The van der Waals surface area contributed by atoms with Gasteiger partial charge in [-0.15, -0.1) is 11.8 Å². The maximum atomic E-state index is 13.5. The zero-order chi connectivity index (χ0) is 25.4. The lowest BCUT2D eigenvalue weighted by atomic mass is 10.1. The quantitative estimate of drug-likeness (QED) is 0.298. The van der Waals surface area contributed by atoms with E-state index in [1.165, 1.54) is 24.5 Å². The monoisotopic (exact) mass is 521 g/mol. The van der Waals surface area contributed by atoms with Gasteiger partial charge in [0, 0.05) is 17.1 Å². The van der Waals surface area contributed by atoms with E-state index in [2.05, 4.69) is 25.9 Å². The number of hydrogen-bond donors (Lipinski definition) is 4. The lowest BCUT2D eigenvalue weighted by Crippen LogP contribution is -2.34. The summed E-state index contributed by atoms with van der Waals surface area (Å²) in [7, 11) is 0. The summed E-state index contributed by atoms with van der Waals surface area (Å²) in [6.07, 6.45) is 1.35. The van der Waals surface area contributed by atoms with Gasteiger partial charge in [0.15, 0.2) is 0 Å². The Morgan fingerprint density at radius 3 is 2.66 bits per heavy atom. The topological polar surface area (TPSA) is 143 Å². The Kier molecular flexibility index (Phi) is 9.04. The van der Waals surface area contributed by atoms with E-state index < -0.39 is 23.6 Å². The highest BCUT2D eigenvalue weighted by Crippen LogP contribution is 2.33. The molecule has 0 saturated heterocycles. The number of carboxylic acid groups (broad SMARTS) is 1. The molecule has 35 heavy (non-hydrogen) atoms. The van der Waals surface area contributed by atoms with Crippen molar-refractivity contribution in [2.45, 2.75) is 6.92 Å². The minimum atomic E-state index is -1.03. The van der Waals surface area contributed by atoms with Gasteiger partial charge in [0.2, 0.25) is 11.8 Å². The summed E-state index contributed by atoms with van der Waals surface area (Å²) < 4.78 is 19.1. The molecule has 0 aliphatic carbocycles. The van der Waals surface area contributed by atoms with Crippen molar-refractivity contribution in [2.24, 2.45) is 0 Å². The van der Waals surface area contributed by atoms with Crippen molar-refractivity contribution in [1.82, 2.24) is 15.3 Å². The van der Waals surface area contributed by atoms with Gasteiger partial charge in [-0.05, 0) is 31.2 Å². The zero-order valence-electron chi connectivity index (χ0n) is 18.4. The Morgan fingerprint density at radius 1 is 1.14 bits per heavy atom. The van der Waals surface area contributed by atoms with E-state index in [4.69, 9.17) is 21.4 Å². The first-order valence-corrected chi connectivity index (χ1v) is 11.8. The van der Waals surface area contributed by atoms with Crippen LogP contribution in [0.4, 0.5) is 21.6 Å². The predicted octanol–water partition coefficient (Wildman–Crippen LogP) is 3.44. The molecule has 0 aliphatic heterocycles. The maximum Gasteiger partial charge on any atom is 0.313 e. The van der Waals surface area contributed by atoms with Crippen molar-refractivity contribution in [2.75, 3.05) is 35.3 Å². The smallest absolute Gasteiger partial charge is 0.313 e. The Morgan fingerprint density at radius 2 is 1.94 bits per heavy atom. The Bertz CT molecular complexity index is 1260. The van der Waals surface area contributed by atoms with E-state index in [0.29, 0.717) is 40.5 Å². The van der Waals surface area contributed by atoms with Crippen LogP contribution in [0.1, 0.15) is 6.92 Å². The number of thioether (sulfide) groups is 1. The molecule has 10 nitrogen and oxygen atoms in total. The number of fused-ring (bicyclic) bond motifs is 1. The number of carboxylic acids is 1. The van der Waals surface area contributed by atoms with E-state index in [-0.39, 0.29) is 23.1 Å². The van der Waals surface area contributed by atoms with E-state index >= 15 is 0 Å². The maximum absolute atomic E-state index is 13.5. The van der Waals surface area contributed by atoms with Crippen LogP contribution in [0.2, 0.25) is 5.02 Å². The third kappa shape index (κ3) is 7.42. The SMILES string of the molecule is CCOc1cc2ncnc(Nc3ccc(F)c(Cl)c3)c2cc1NC(=O)CNC(=O)CSCC(=O)O. The average molecular weight is 522 g/mol. The summed E-state index contributed by atoms with van der Waals surface area (Å²) in [5, 5.41) is 17.3. The molecule has 0 bridgehead atoms.